The minimum atomic E-state index is -0.715. The Morgan fingerprint density at radius 2 is 2.15 bits per heavy atom. The largest absolute Gasteiger partial charge is 0.505 e. The maximum absolute atomic E-state index is 13.0. The molecule has 1 rings (SSSR count). The van der Waals surface area contributed by atoms with E-state index in [9.17, 15) is 4.39 Å². The monoisotopic (exact) mass is 180 g/mol. The summed E-state index contributed by atoms with van der Waals surface area (Å²) in [4.78, 5) is 0. The Hall–Kier alpha value is -1.53. The van der Waals surface area contributed by atoms with Crippen LogP contribution in [0.3, 0.4) is 0 Å². The fraction of sp³-hybridized carbons (Fsp3) is 0.200. The number of phenols is 1. The lowest BCUT2D eigenvalue weighted by molar-refractivity contribution is 0.305. The number of phenolic OH excluding ortho intramolecular Hbond substituents is 1. The molecule has 0 fully saturated rings. The Bertz CT molecular complexity index is 350. The third-order valence-corrected chi connectivity index (χ3v) is 1.44. The standard InChI is InChI=1S/C10H9FO2/c11-10-8(4-1-2-7-12)5-3-6-9(10)13/h3,5-6,12-13H,2,7H2. The van der Waals surface area contributed by atoms with Crippen LogP contribution in [0.25, 0.3) is 0 Å². The quantitative estimate of drug-likeness (QED) is 0.639. The summed E-state index contributed by atoms with van der Waals surface area (Å²) >= 11 is 0. The number of benzene rings is 1. The summed E-state index contributed by atoms with van der Waals surface area (Å²) in [6, 6.07) is 4.24. The van der Waals surface area contributed by atoms with Crippen LogP contribution < -0.4 is 0 Å². The van der Waals surface area contributed by atoms with E-state index in [0.29, 0.717) is 6.42 Å². The van der Waals surface area contributed by atoms with Gasteiger partial charge in [-0.05, 0) is 12.1 Å². The lowest BCUT2D eigenvalue weighted by Crippen LogP contribution is -1.84. The van der Waals surface area contributed by atoms with Crippen molar-refractivity contribution < 1.29 is 14.6 Å². The van der Waals surface area contributed by atoms with E-state index in [0.717, 1.165) is 0 Å². The molecule has 0 unspecified atom stereocenters. The Balaban J connectivity index is 2.91. The van der Waals surface area contributed by atoms with Gasteiger partial charge < -0.3 is 10.2 Å². The van der Waals surface area contributed by atoms with E-state index < -0.39 is 11.6 Å². The average molecular weight is 180 g/mol. The van der Waals surface area contributed by atoms with Crippen molar-refractivity contribution in [1.29, 1.82) is 0 Å². The average Bonchev–Trinajstić information content (AvgIpc) is 2.13. The second-order valence-corrected chi connectivity index (χ2v) is 2.41. The third-order valence-electron chi connectivity index (χ3n) is 1.44. The highest BCUT2D eigenvalue weighted by Crippen LogP contribution is 2.17. The van der Waals surface area contributed by atoms with Crippen LogP contribution in [0.5, 0.6) is 5.75 Å². The molecule has 0 aliphatic rings. The molecule has 0 aliphatic carbocycles. The molecule has 1 aromatic carbocycles. The van der Waals surface area contributed by atoms with E-state index in [1.165, 1.54) is 18.2 Å². The molecule has 2 N–H and O–H groups in total. The zero-order valence-electron chi connectivity index (χ0n) is 6.92. The van der Waals surface area contributed by atoms with Gasteiger partial charge >= 0.3 is 0 Å². The van der Waals surface area contributed by atoms with Crippen LogP contribution in [0, 0.1) is 17.7 Å². The van der Waals surface area contributed by atoms with Crippen LogP contribution in [0.1, 0.15) is 12.0 Å². The summed E-state index contributed by atoms with van der Waals surface area (Å²) in [5.74, 6) is 3.96. The molecule has 0 amide bonds. The number of aromatic hydroxyl groups is 1. The van der Waals surface area contributed by atoms with Crippen molar-refractivity contribution in [2.45, 2.75) is 6.42 Å². The van der Waals surface area contributed by atoms with Gasteiger partial charge in [-0.3, -0.25) is 0 Å². The summed E-state index contributed by atoms with van der Waals surface area (Å²) in [6.07, 6.45) is 0.301. The van der Waals surface area contributed by atoms with E-state index in [-0.39, 0.29) is 12.2 Å². The second-order valence-electron chi connectivity index (χ2n) is 2.41. The smallest absolute Gasteiger partial charge is 0.180 e. The molecule has 0 aliphatic heterocycles. The van der Waals surface area contributed by atoms with Crippen LogP contribution in [0.2, 0.25) is 0 Å². The SMILES string of the molecule is OCCC#Cc1cccc(O)c1F. The minimum absolute atomic E-state index is 0.0482. The summed E-state index contributed by atoms with van der Waals surface area (Å²) in [6.45, 7) is -0.0482. The zero-order valence-corrected chi connectivity index (χ0v) is 6.92. The van der Waals surface area contributed by atoms with E-state index >= 15 is 0 Å². The minimum Gasteiger partial charge on any atom is -0.505 e. The van der Waals surface area contributed by atoms with Crippen molar-refractivity contribution in [2.24, 2.45) is 0 Å². The molecule has 0 aromatic heterocycles. The van der Waals surface area contributed by atoms with Crippen LogP contribution in [-0.2, 0) is 0 Å². The second kappa shape index (κ2) is 4.48. The maximum Gasteiger partial charge on any atom is 0.180 e. The molecule has 2 nitrogen and oxygen atoms in total. The first-order chi connectivity index (χ1) is 6.25. The van der Waals surface area contributed by atoms with Gasteiger partial charge in [0.2, 0.25) is 0 Å². The number of hydrogen-bond donors (Lipinski definition) is 2. The summed E-state index contributed by atoms with van der Waals surface area (Å²) in [7, 11) is 0. The van der Waals surface area contributed by atoms with Gasteiger partial charge in [0.05, 0.1) is 12.2 Å². The fourth-order valence-corrected chi connectivity index (χ4v) is 0.830. The van der Waals surface area contributed by atoms with Crippen molar-refractivity contribution in [3.63, 3.8) is 0 Å². The van der Waals surface area contributed by atoms with Gasteiger partial charge in [0.25, 0.3) is 0 Å². The normalized spacial score (nSPS) is 9.08. The van der Waals surface area contributed by atoms with Gasteiger partial charge in [0.15, 0.2) is 11.6 Å². The third kappa shape index (κ3) is 2.46. The first-order valence-electron chi connectivity index (χ1n) is 3.83. The molecule has 0 saturated heterocycles. The molecule has 0 heterocycles. The highest BCUT2D eigenvalue weighted by molar-refractivity contribution is 5.40. The number of hydrogen-bond acceptors (Lipinski definition) is 2. The van der Waals surface area contributed by atoms with Gasteiger partial charge in [-0.2, -0.15) is 0 Å². The molecule has 68 valence electrons. The van der Waals surface area contributed by atoms with Crippen LogP contribution in [-0.4, -0.2) is 16.8 Å². The van der Waals surface area contributed by atoms with E-state index in [2.05, 4.69) is 11.8 Å². The van der Waals surface area contributed by atoms with Gasteiger partial charge in [0.1, 0.15) is 0 Å². The highest BCUT2D eigenvalue weighted by Gasteiger charge is 2.02. The van der Waals surface area contributed by atoms with Crippen molar-refractivity contribution in [3.8, 4) is 17.6 Å². The Labute approximate surface area is 75.6 Å². The van der Waals surface area contributed by atoms with E-state index in [1.807, 2.05) is 0 Å². The van der Waals surface area contributed by atoms with Gasteiger partial charge in [0, 0.05) is 6.42 Å². The summed E-state index contributed by atoms with van der Waals surface area (Å²) in [5, 5.41) is 17.4. The lowest BCUT2D eigenvalue weighted by Gasteiger charge is -1.95. The molecule has 0 saturated carbocycles. The van der Waals surface area contributed by atoms with Gasteiger partial charge in [-0.1, -0.05) is 17.9 Å². The first kappa shape index (κ1) is 9.56. The Morgan fingerprint density at radius 1 is 1.38 bits per heavy atom. The molecule has 13 heavy (non-hydrogen) atoms. The molecule has 0 spiro atoms. The zero-order chi connectivity index (χ0) is 9.68. The predicted octanol–water partition coefficient (Wildman–Crippen LogP) is 1.27. The van der Waals surface area contributed by atoms with Crippen LogP contribution in [0.4, 0.5) is 4.39 Å². The molecule has 0 radical (unpaired) electrons. The number of rotatable bonds is 1. The Kier molecular flexibility index (Phi) is 3.30. The molecular weight excluding hydrogens is 171 g/mol. The summed E-state index contributed by atoms with van der Waals surface area (Å²) in [5.41, 5.74) is 0.147. The van der Waals surface area contributed by atoms with Crippen molar-refractivity contribution >= 4 is 0 Å². The number of aliphatic hydroxyl groups excluding tert-OH is 1. The van der Waals surface area contributed by atoms with Crippen LogP contribution in [0.15, 0.2) is 18.2 Å². The van der Waals surface area contributed by atoms with Crippen molar-refractivity contribution in [3.05, 3.63) is 29.6 Å². The van der Waals surface area contributed by atoms with Crippen molar-refractivity contribution in [1.82, 2.24) is 0 Å². The number of halogens is 1. The lowest BCUT2D eigenvalue weighted by atomic mass is 10.2. The predicted molar refractivity (Wildman–Crippen MR) is 46.6 cm³/mol. The van der Waals surface area contributed by atoms with Crippen LogP contribution >= 0.6 is 0 Å². The molecule has 0 bridgehead atoms. The Morgan fingerprint density at radius 3 is 2.85 bits per heavy atom. The van der Waals surface area contributed by atoms with E-state index in [1.54, 1.807) is 0 Å². The molecule has 3 heteroatoms. The number of aliphatic hydroxyl groups is 1. The van der Waals surface area contributed by atoms with E-state index in [4.69, 9.17) is 10.2 Å². The first-order valence-corrected chi connectivity index (χ1v) is 3.83. The maximum atomic E-state index is 13.0. The fourth-order valence-electron chi connectivity index (χ4n) is 0.830. The van der Waals surface area contributed by atoms with Gasteiger partial charge in [-0.25, -0.2) is 4.39 Å². The molecule has 0 atom stereocenters. The van der Waals surface area contributed by atoms with Crippen molar-refractivity contribution in [2.75, 3.05) is 6.61 Å². The molecular formula is C10H9FO2. The topological polar surface area (TPSA) is 40.5 Å². The highest BCUT2D eigenvalue weighted by atomic mass is 19.1. The summed E-state index contributed by atoms with van der Waals surface area (Å²) < 4.78 is 13.0. The van der Waals surface area contributed by atoms with Gasteiger partial charge in [-0.15, -0.1) is 0 Å². The molecule has 1 aromatic rings.